The summed E-state index contributed by atoms with van der Waals surface area (Å²) in [5.74, 6) is 0.450. The van der Waals surface area contributed by atoms with Crippen molar-refractivity contribution in [3.8, 4) is 0 Å². The Morgan fingerprint density at radius 2 is 2.08 bits per heavy atom. The van der Waals surface area contributed by atoms with Gasteiger partial charge in [-0.2, -0.15) is 12.6 Å². The van der Waals surface area contributed by atoms with Crippen molar-refractivity contribution >= 4 is 25.9 Å². The highest BCUT2D eigenvalue weighted by Crippen LogP contribution is 2.31. The molecule has 0 atom stereocenters. The molecule has 1 aliphatic rings. The average Bonchev–Trinajstić information content (AvgIpc) is 2.44. The number of carbonyl (C=O) groups excluding carboxylic acids is 1. The highest BCUT2D eigenvalue weighted by atomic mass is 32.1. The van der Waals surface area contributed by atoms with Gasteiger partial charge in [0.05, 0.1) is 5.60 Å². The molecule has 0 unspecified atom stereocenters. The number of Topliss-reactive ketones (excluding diaryl/α,β-unsaturated/α-hetero) is 1. The van der Waals surface area contributed by atoms with Gasteiger partial charge in [0.15, 0.2) is 5.78 Å². The quantitative estimate of drug-likeness (QED) is 0.314. The van der Waals surface area contributed by atoms with E-state index in [-0.39, 0.29) is 22.0 Å². The third-order valence-corrected chi connectivity index (χ3v) is 5.92. The van der Waals surface area contributed by atoms with Gasteiger partial charge < -0.3 is 4.65 Å². The molecule has 1 aromatic heterocycles. The second-order valence-electron chi connectivity index (χ2n) is 7.88. The molecule has 0 aliphatic heterocycles. The number of aryl methyl sites for hydroxylation is 1. The van der Waals surface area contributed by atoms with Crippen molar-refractivity contribution in [2.24, 2.45) is 5.92 Å². The maximum absolute atomic E-state index is 12.5. The summed E-state index contributed by atoms with van der Waals surface area (Å²) in [5.41, 5.74) is 1.51. The molecule has 0 amide bonds. The molecule has 0 saturated heterocycles. The highest BCUT2D eigenvalue weighted by molar-refractivity contribution is 7.81. The minimum absolute atomic E-state index is 0.182. The third-order valence-electron chi connectivity index (χ3n) is 5.38. The molecule has 0 spiro atoms. The predicted octanol–water partition coefficient (Wildman–Crippen LogP) is 4.27. The molecule has 132 valence electrons. The summed E-state index contributed by atoms with van der Waals surface area (Å²) in [6.07, 6.45) is 7.81. The Morgan fingerprint density at radius 1 is 1.38 bits per heavy atom. The van der Waals surface area contributed by atoms with Gasteiger partial charge in [-0.25, -0.2) is 0 Å². The van der Waals surface area contributed by atoms with Crippen molar-refractivity contribution in [1.29, 1.82) is 0 Å². The monoisotopic (exact) mass is 347 g/mol. The van der Waals surface area contributed by atoms with Gasteiger partial charge in [0.2, 0.25) is 0 Å². The van der Waals surface area contributed by atoms with Crippen LogP contribution < -0.4 is 0 Å². The molecule has 1 fully saturated rings. The predicted molar refractivity (Wildman–Crippen MR) is 104 cm³/mol. The Morgan fingerprint density at radius 3 is 2.67 bits per heavy atom. The number of rotatable bonds is 9. The molecule has 1 aliphatic carbocycles. The van der Waals surface area contributed by atoms with E-state index >= 15 is 0 Å². The van der Waals surface area contributed by atoms with Gasteiger partial charge in [-0.15, -0.1) is 0 Å². The molecule has 0 radical (unpaired) electrons. The molecule has 1 saturated carbocycles. The maximum Gasteiger partial charge on any atom is 0.275 e. The van der Waals surface area contributed by atoms with E-state index in [1.165, 1.54) is 6.42 Å². The Labute approximate surface area is 152 Å². The summed E-state index contributed by atoms with van der Waals surface area (Å²) >= 11 is 4.62. The van der Waals surface area contributed by atoms with Crippen molar-refractivity contribution in [2.75, 3.05) is 0 Å². The van der Waals surface area contributed by atoms with Crippen LogP contribution in [0, 0.1) is 5.92 Å². The lowest BCUT2D eigenvalue weighted by molar-refractivity contribution is 0.0824. The van der Waals surface area contributed by atoms with Gasteiger partial charge in [0, 0.05) is 16.9 Å². The molecule has 5 heteroatoms. The van der Waals surface area contributed by atoms with Crippen molar-refractivity contribution in [3.05, 3.63) is 29.6 Å². The minimum Gasteiger partial charge on any atom is -0.433 e. The number of pyridine rings is 1. The molecular weight excluding hydrogens is 317 g/mol. The highest BCUT2D eigenvalue weighted by Gasteiger charge is 2.34. The van der Waals surface area contributed by atoms with Crippen LogP contribution in [-0.2, 0) is 11.1 Å². The van der Waals surface area contributed by atoms with Crippen LogP contribution in [0.1, 0.15) is 69.4 Å². The Balaban J connectivity index is 1.82. The average molecular weight is 347 g/mol. The van der Waals surface area contributed by atoms with Crippen molar-refractivity contribution in [1.82, 2.24) is 4.98 Å². The van der Waals surface area contributed by atoms with E-state index in [1.807, 2.05) is 12.1 Å². The molecule has 0 aromatic carbocycles. The van der Waals surface area contributed by atoms with Crippen LogP contribution in [0.5, 0.6) is 0 Å². The molecule has 0 bridgehead atoms. The molecule has 1 heterocycles. The number of thiol groups is 1. The number of aromatic nitrogens is 1. The molecule has 24 heavy (non-hydrogen) atoms. The number of ketones is 1. The topological polar surface area (TPSA) is 39.2 Å². The van der Waals surface area contributed by atoms with Gasteiger partial charge in [-0.1, -0.05) is 25.2 Å². The van der Waals surface area contributed by atoms with E-state index < -0.39 is 0 Å². The molecule has 1 aromatic rings. The third kappa shape index (κ3) is 4.86. The fourth-order valence-corrected chi connectivity index (χ4v) is 2.71. The summed E-state index contributed by atoms with van der Waals surface area (Å²) in [6.45, 7) is 8.31. The zero-order valence-electron chi connectivity index (χ0n) is 15.5. The van der Waals surface area contributed by atoms with Gasteiger partial charge >= 0.3 is 0 Å². The Kier molecular flexibility index (Phi) is 6.55. The molecule has 0 N–H and O–H groups in total. The van der Waals surface area contributed by atoms with Crippen LogP contribution in [-0.4, -0.2) is 28.6 Å². The van der Waals surface area contributed by atoms with Gasteiger partial charge in [0.25, 0.3) is 7.48 Å². The number of carbonyl (C=O) groups is 1. The standard InChI is InChI=1S/C19H30BNO2S/c1-18(2,19(3,4)24)23-20-12-6-10-14-11-7-13-21-16(14)17(22)15-8-5-9-15/h7,11,13,15,20,24H,5-6,8-10,12H2,1-4H3. The maximum atomic E-state index is 12.5. The molecule has 3 nitrogen and oxygen atoms in total. The van der Waals surface area contributed by atoms with Crippen LogP contribution >= 0.6 is 12.6 Å². The van der Waals surface area contributed by atoms with Crippen LogP contribution in [0.4, 0.5) is 0 Å². The fourth-order valence-electron chi connectivity index (χ4n) is 2.65. The van der Waals surface area contributed by atoms with Crippen molar-refractivity contribution in [2.45, 2.75) is 76.5 Å². The summed E-state index contributed by atoms with van der Waals surface area (Å²) in [6, 6.07) is 3.97. The van der Waals surface area contributed by atoms with E-state index in [2.05, 4.69) is 45.3 Å². The smallest absolute Gasteiger partial charge is 0.275 e. The number of hydrogen-bond donors (Lipinski definition) is 1. The molecular formula is C19H30BNO2S. The van der Waals surface area contributed by atoms with Gasteiger partial charge in [0.1, 0.15) is 5.69 Å². The lowest BCUT2D eigenvalue weighted by atomic mass is 9.80. The summed E-state index contributed by atoms with van der Waals surface area (Å²) < 4.78 is 5.83. The van der Waals surface area contributed by atoms with Crippen LogP contribution in [0.2, 0.25) is 6.32 Å². The normalized spacial score (nSPS) is 15.9. The van der Waals surface area contributed by atoms with E-state index in [0.717, 1.165) is 37.6 Å². The van der Waals surface area contributed by atoms with E-state index in [0.29, 0.717) is 13.2 Å². The number of nitrogens with zero attached hydrogens (tertiary/aromatic N) is 1. The summed E-state index contributed by atoms with van der Waals surface area (Å²) in [5, 5.41) is 0. The largest absolute Gasteiger partial charge is 0.433 e. The van der Waals surface area contributed by atoms with Gasteiger partial charge in [-0.3, -0.25) is 9.78 Å². The zero-order chi connectivity index (χ0) is 17.8. The molecule has 2 rings (SSSR count). The van der Waals surface area contributed by atoms with Crippen molar-refractivity contribution in [3.63, 3.8) is 0 Å². The van der Waals surface area contributed by atoms with E-state index in [1.54, 1.807) is 6.20 Å². The van der Waals surface area contributed by atoms with Crippen LogP contribution in [0.15, 0.2) is 18.3 Å². The van der Waals surface area contributed by atoms with E-state index in [9.17, 15) is 4.79 Å². The minimum atomic E-state index is -0.268. The second kappa shape index (κ2) is 8.05. The van der Waals surface area contributed by atoms with Crippen LogP contribution in [0.25, 0.3) is 0 Å². The Hall–Kier alpha value is -0.805. The SMILES string of the molecule is CC(C)(S)C(C)(C)OBCCCc1cccnc1C(=O)C1CCC1. The van der Waals surface area contributed by atoms with Crippen LogP contribution in [0.3, 0.4) is 0 Å². The first-order valence-electron chi connectivity index (χ1n) is 9.07. The lowest BCUT2D eigenvalue weighted by Crippen LogP contribution is -2.44. The Bertz CT molecular complexity index is 565. The van der Waals surface area contributed by atoms with Gasteiger partial charge in [-0.05, 0) is 58.6 Å². The first kappa shape index (κ1) is 19.5. The lowest BCUT2D eigenvalue weighted by Gasteiger charge is -2.38. The zero-order valence-corrected chi connectivity index (χ0v) is 16.4. The first-order chi connectivity index (χ1) is 11.2. The van der Waals surface area contributed by atoms with E-state index in [4.69, 9.17) is 4.65 Å². The summed E-state index contributed by atoms with van der Waals surface area (Å²) in [7, 11) is 0.711. The van der Waals surface area contributed by atoms with Crippen molar-refractivity contribution < 1.29 is 9.45 Å². The summed E-state index contributed by atoms with van der Waals surface area (Å²) in [4.78, 5) is 16.8. The first-order valence-corrected chi connectivity index (χ1v) is 9.51. The fraction of sp³-hybridized carbons (Fsp3) is 0.684. The number of hydrogen-bond acceptors (Lipinski definition) is 4. The second-order valence-corrected chi connectivity index (χ2v) is 9.00.